The first-order valence-electron chi connectivity index (χ1n) is 6.87. The van der Waals surface area contributed by atoms with E-state index in [9.17, 15) is 4.79 Å². The molecule has 7 heteroatoms. The molecule has 2 saturated heterocycles. The summed E-state index contributed by atoms with van der Waals surface area (Å²) in [6.45, 7) is 3.93. The lowest BCUT2D eigenvalue weighted by molar-refractivity contribution is 0.0634. The molecule has 2 N–H and O–H groups in total. The molecule has 104 valence electrons. The van der Waals surface area contributed by atoms with Gasteiger partial charge in [0.15, 0.2) is 0 Å². The third-order valence-corrected chi connectivity index (χ3v) is 4.13. The monoisotopic (exact) mass is 265 g/mol. The standard InChI is InChI=1S/C12H19N5O2/c13-11-10(14-19-15-11)12(18)17-7-3-9(4-8-17)16-5-1-2-6-16/h9H,1-8H2,(H2,13,15). The quantitative estimate of drug-likeness (QED) is 0.830. The van der Waals surface area contributed by atoms with E-state index in [1.165, 1.54) is 25.9 Å². The number of anilines is 1. The van der Waals surface area contributed by atoms with E-state index >= 15 is 0 Å². The summed E-state index contributed by atoms with van der Waals surface area (Å²) in [5.41, 5.74) is 5.69. The molecule has 3 heterocycles. The van der Waals surface area contributed by atoms with Gasteiger partial charge in [0.25, 0.3) is 5.91 Å². The summed E-state index contributed by atoms with van der Waals surface area (Å²) in [5.74, 6) is -0.0923. The first kappa shape index (κ1) is 12.4. The summed E-state index contributed by atoms with van der Waals surface area (Å²) in [4.78, 5) is 16.5. The van der Waals surface area contributed by atoms with E-state index in [2.05, 4.69) is 19.8 Å². The van der Waals surface area contributed by atoms with E-state index in [1.807, 2.05) is 0 Å². The van der Waals surface area contributed by atoms with Crippen molar-refractivity contribution in [1.29, 1.82) is 0 Å². The van der Waals surface area contributed by atoms with Gasteiger partial charge in [-0.05, 0) is 49.1 Å². The van der Waals surface area contributed by atoms with Crippen molar-refractivity contribution < 1.29 is 9.42 Å². The van der Waals surface area contributed by atoms with Crippen molar-refractivity contribution >= 4 is 11.7 Å². The van der Waals surface area contributed by atoms with Gasteiger partial charge in [-0.3, -0.25) is 4.79 Å². The third-order valence-electron chi connectivity index (χ3n) is 4.13. The second-order valence-electron chi connectivity index (χ2n) is 5.26. The maximum atomic E-state index is 12.2. The second-order valence-corrected chi connectivity index (χ2v) is 5.26. The van der Waals surface area contributed by atoms with Crippen molar-refractivity contribution in [2.24, 2.45) is 0 Å². The number of nitrogens with zero attached hydrogens (tertiary/aromatic N) is 4. The fraction of sp³-hybridized carbons (Fsp3) is 0.750. The minimum absolute atomic E-state index is 0.0756. The largest absolute Gasteiger partial charge is 0.379 e. The van der Waals surface area contributed by atoms with Gasteiger partial charge >= 0.3 is 0 Å². The molecule has 2 fully saturated rings. The zero-order chi connectivity index (χ0) is 13.2. The number of hydrogen-bond acceptors (Lipinski definition) is 6. The summed E-state index contributed by atoms with van der Waals surface area (Å²) in [6, 6.07) is 0.624. The summed E-state index contributed by atoms with van der Waals surface area (Å²) in [7, 11) is 0. The molecular weight excluding hydrogens is 246 g/mol. The van der Waals surface area contributed by atoms with Crippen LogP contribution in [0.3, 0.4) is 0 Å². The number of carbonyl (C=O) groups is 1. The highest BCUT2D eigenvalue weighted by atomic mass is 16.6. The van der Waals surface area contributed by atoms with Crippen LogP contribution in [0.5, 0.6) is 0 Å². The van der Waals surface area contributed by atoms with Crippen molar-refractivity contribution in [1.82, 2.24) is 20.1 Å². The van der Waals surface area contributed by atoms with Crippen LogP contribution in [0.2, 0.25) is 0 Å². The van der Waals surface area contributed by atoms with Gasteiger partial charge in [-0.2, -0.15) is 0 Å². The topological polar surface area (TPSA) is 88.5 Å². The van der Waals surface area contributed by atoms with Crippen LogP contribution in [-0.4, -0.2) is 58.2 Å². The molecule has 1 aromatic heterocycles. The molecule has 0 aromatic carbocycles. The molecule has 0 saturated carbocycles. The maximum Gasteiger partial charge on any atom is 0.280 e. The maximum absolute atomic E-state index is 12.2. The highest BCUT2D eigenvalue weighted by Crippen LogP contribution is 2.22. The van der Waals surface area contributed by atoms with E-state index in [4.69, 9.17) is 5.73 Å². The van der Waals surface area contributed by atoms with Crippen LogP contribution in [0.1, 0.15) is 36.2 Å². The lowest BCUT2D eigenvalue weighted by atomic mass is 10.0. The van der Waals surface area contributed by atoms with Crippen molar-refractivity contribution in [2.45, 2.75) is 31.7 Å². The van der Waals surface area contributed by atoms with Gasteiger partial charge in [-0.25, -0.2) is 4.63 Å². The fourth-order valence-electron chi connectivity index (χ4n) is 3.03. The number of nitrogens with two attached hydrogens (primary N) is 1. The Kier molecular flexibility index (Phi) is 3.37. The molecule has 0 spiro atoms. The molecular formula is C12H19N5O2. The van der Waals surface area contributed by atoms with E-state index < -0.39 is 0 Å². The smallest absolute Gasteiger partial charge is 0.280 e. The number of hydrogen-bond donors (Lipinski definition) is 1. The third kappa shape index (κ3) is 2.42. The predicted molar refractivity (Wildman–Crippen MR) is 68.4 cm³/mol. The number of nitrogen functional groups attached to an aromatic ring is 1. The average molecular weight is 265 g/mol. The van der Waals surface area contributed by atoms with Crippen molar-refractivity contribution in [2.75, 3.05) is 31.9 Å². The Labute approximate surface area is 111 Å². The molecule has 1 amide bonds. The van der Waals surface area contributed by atoms with Crippen LogP contribution in [-0.2, 0) is 0 Å². The van der Waals surface area contributed by atoms with Crippen LogP contribution >= 0.6 is 0 Å². The van der Waals surface area contributed by atoms with E-state index in [0.29, 0.717) is 6.04 Å². The minimum atomic E-state index is -0.168. The molecule has 0 radical (unpaired) electrons. The van der Waals surface area contributed by atoms with Crippen LogP contribution < -0.4 is 5.73 Å². The molecule has 0 bridgehead atoms. The molecule has 2 aliphatic heterocycles. The van der Waals surface area contributed by atoms with E-state index in [0.717, 1.165) is 25.9 Å². The lowest BCUT2D eigenvalue weighted by Gasteiger charge is -2.36. The zero-order valence-corrected chi connectivity index (χ0v) is 10.9. The van der Waals surface area contributed by atoms with Gasteiger partial charge in [0.1, 0.15) is 0 Å². The first-order valence-corrected chi connectivity index (χ1v) is 6.87. The normalized spacial score (nSPS) is 22.0. The van der Waals surface area contributed by atoms with Crippen molar-refractivity contribution in [3.63, 3.8) is 0 Å². The van der Waals surface area contributed by atoms with Gasteiger partial charge in [-0.15, -0.1) is 0 Å². The molecule has 0 atom stereocenters. The Bertz CT molecular complexity index is 447. The van der Waals surface area contributed by atoms with Crippen molar-refractivity contribution in [3.8, 4) is 0 Å². The highest BCUT2D eigenvalue weighted by Gasteiger charge is 2.30. The van der Waals surface area contributed by atoms with Crippen molar-refractivity contribution in [3.05, 3.63) is 5.69 Å². The average Bonchev–Trinajstić information content (AvgIpc) is 3.09. The number of piperidine rings is 1. The Hall–Kier alpha value is -1.63. The first-order chi connectivity index (χ1) is 9.25. The van der Waals surface area contributed by atoms with E-state index in [1.54, 1.807) is 4.90 Å². The number of likely N-dealkylation sites (tertiary alicyclic amines) is 2. The highest BCUT2D eigenvalue weighted by molar-refractivity contribution is 5.96. The van der Waals surface area contributed by atoms with Crippen LogP contribution in [0.15, 0.2) is 4.63 Å². The van der Waals surface area contributed by atoms with Gasteiger partial charge in [-0.1, -0.05) is 0 Å². The molecule has 1 aromatic rings. The predicted octanol–water partition coefficient (Wildman–Crippen LogP) is 0.352. The Morgan fingerprint density at radius 1 is 1.16 bits per heavy atom. The van der Waals surface area contributed by atoms with Crippen LogP contribution in [0.25, 0.3) is 0 Å². The summed E-state index contributed by atoms with van der Waals surface area (Å²) < 4.78 is 4.48. The number of amides is 1. The molecule has 0 unspecified atom stereocenters. The SMILES string of the molecule is Nc1nonc1C(=O)N1CCC(N2CCCC2)CC1. The lowest BCUT2D eigenvalue weighted by Crippen LogP contribution is -2.46. The summed E-state index contributed by atoms with van der Waals surface area (Å²) in [5, 5.41) is 7.02. The molecule has 7 nitrogen and oxygen atoms in total. The number of aromatic nitrogens is 2. The van der Waals surface area contributed by atoms with Gasteiger partial charge in [0, 0.05) is 19.1 Å². The van der Waals surface area contributed by atoms with Crippen LogP contribution in [0.4, 0.5) is 5.82 Å². The Morgan fingerprint density at radius 2 is 1.84 bits per heavy atom. The second kappa shape index (κ2) is 5.16. The molecule has 3 rings (SSSR count). The molecule has 2 aliphatic rings. The summed E-state index contributed by atoms with van der Waals surface area (Å²) in [6.07, 6.45) is 4.66. The van der Waals surface area contributed by atoms with Gasteiger partial charge in [0.05, 0.1) is 0 Å². The van der Waals surface area contributed by atoms with Gasteiger partial charge < -0.3 is 15.5 Å². The Balaban J connectivity index is 1.58. The van der Waals surface area contributed by atoms with Gasteiger partial charge in [0.2, 0.25) is 11.5 Å². The van der Waals surface area contributed by atoms with E-state index in [-0.39, 0.29) is 17.4 Å². The summed E-state index contributed by atoms with van der Waals surface area (Å²) >= 11 is 0. The Morgan fingerprint density at radius 3 is 2.42 bits per heavy atom. The molecule has 0 aliphatic carbocycles. The molecule has 19 heavy (non-hydrogen) atoms. The number of rotatable bonds is 2. The zero-order valence-electron chi connectivity index (χ0n) is 10.9. The minimum Gasteiger partial charge on any atom is -0.379 e. The number of carbonyl (C=O) groups excluding carboxylic acids is 1. The fourth-order valence-corrected chi connectivity index (χ4v) is 3.03. The van der Waals surface area contributed by atoms with Crippen LogP contribution in [0, 0.1) is 0 Å².